The molecule has 2 aromatic rings. The molecule has 0 radical (unpaired) electrons. The molecule has 0 unspecified atom stereocenters. The number of anilines is 1. The molecule has 4 rings (SSSR count). The molecule has 6 heteroatoms. The van der Waals surface area contributed by atoms with Crippen LogP contribution < -0.4 is 4.90 Å². The standard InChI is InChI=1S/C22H24N2O4/c1-21(2,3)28-20(26)24-19(25)27-18(15-10-6-5-7-11-15)22(24)14-23(4)17-13-9-8-12-16(17)22/h5-13,18H,14H2,1-4H3/t18-,22-/m0/s1. The normalized spacial score (nSPS) is 23.7. The zero-order valence-electron chi connectivity index (χ0n) is 16.5. The van der Waals surface area contributed by atoms with Crippen molar-refractivity contribution in [2.24, 2.45) is 0 Å². The number of amides is 2. The Balaban J connectivity index is 1.90. The fourth-order valence-electron chi connectivity index (χ4n) is 4.17. The Hall–Kier alpha value is -3.02. The molecule has 6 nitrogen and oxygen atoms in total. The predicted molar refractivity (Wildman–Crippen MR) is 105 cm³/mol. The number of hydrogen-bond donors (Lipinski definition) is 0. The monoisotopic (exact) mass is 380 g/mol. The van der Waals surface area contributed by atoms with E-state index in [1.165, 1.54) is 0 Å². The van der Waals surface area contributed by atoms with Crippen LogP contribution in [0.3, 0.4) is 0 Å². The number of rotatable bonds is 1. The van der Waals surface area contributed by atoms with Gasteiger partial charge in [-0.3, -0.25) is 0 Å². The largest absolute Gasteiger partial charge is 0.443 e. The van der Waals surface area contributed by atoms with Crippen LogP contribution in [0.15, 0.2) is 54.6 Å². The maximum atomic E-state index is 13.1. The number of benzene rings is 2. The number of hydrogen-bond acceptors (Lipinski definition) is 5. The molecule has 2 atom stereocenters. The molecule has 1 saturated heterocycles. The average Bonchev–Trinajstić information content (AvgIpc) is 3.09. The first kappa shape index (κ1) is 18.3. The van der Waals surface area contributed by atoms with Crippen LogP contribution in [0.2, 0.25) is 0 Å². The van der Waals surface area contributed by atoms with E-state index in [1.54, 1.807) is 20.8 Å². The Labute approximate surface area is 164 Å². The van der Waals surface area contributed by atoms with Crippen molar-refractivity contribution in [1.29, 1.82) is 0 Å². The SMILES string of the molecule is CN1C[C@]2(c3ccccc31)[C@H](c1ccccc1)OC(=O)N2C(=O)OC(C)(C)C. The molecule has 0 aliphatic carbocycles. The van der Waals surface area contributed by atoms with E-state index in [1.807, 2.05) is 66.5 Å². The summed E-state index contributed by atoms with van der Waals surface area (Å²) in [5, 5.41) is 0. The summed E-state index contributed by atoms with van der Waals surface area (Å²) in [5.74, 6) is 0. The first-order chi connectivity index (χ1) is 13.2. The molecular weight excluding hydrogens is 356 g/mol. The van der Waals surface area contributed by atoms with Gasteiger partial charge in [0.15, 0.2) is 6.10 Å². The topological polar surface area (TPSA) is 59.1 Å². The highest BCUT2D eigenvalue weighted by Crippen LogP contribution is 2.55. The zero-order chi connectivity index (χ0) is 20.1. The number of carbonyl (C=O) groups is 2. The first-order valence-corrected chi connectivity index (χ1v) is 9.33. The number of imide groups is 1. The Kier molecular flexibility index (Phi) is 4.10. The van der Waals surface area contributed by atoms with Crippen molar-refractivity contribution in [2.75, 3.05) is 18.5 Å². The van der Waals surface area contributed by atoms with Gasteiger partial charge in [0.05, 0.1) is 0 Å². The Morgan fingerprint density at radius 1 is 1.11 bits per heavy atom. The molecular formula is C22H24N2O4. The minimum Gasteiger partial charge on any atom is -0.443 e. The molecule has 146 valence electrons. The quantitative estimate of drug-likeness (QED) is 0.731. The summed E-state index contributed by atoms with van der Waals surface area (Å²) < 4.78 is 11.4. The molecule has 2 heterocycles. The summed E-state index contributed by atoms with van der Waals surface area (Å²) in [6.45, 7) is 5.77. The highest BCUT2D eigenvalue weighted by Gasteiger charge is 2.64. The molecule has 2 aliphatic heterocycles. The number of ether oxygens (including phenoxy) is 2. The molecule has 28 heavy (non-hydrogen) atoms. The van der Waals surface area contributed by atoms with Crippen LogP contribution in [0.4, 0.5) is 15.3 Å². The van der Waals surface area contributed by atoms with Crippen LogP contribution in [-0.2, 0) is 15.0 Å². The van der Waals surface area contributed by atoms with Crippen molar-refractivity contribution in [3.05, 3.63) is 65.7 Å². The first-order valence-electron chi connectivity index (χ1n) is 9.33. The van der Waals surface area contributed by atoms with Crippen LogP contribution in [0.5, 0.6) is 0 Å². The molecule has 2 aromatic carbocycles. The fraction of sp³-hybridized carbons (Fsp3) is 0.364. The van der Waals surface area contributed by atoms with Gasteiger partial charge >= 0.3 is 12.2 Å². The summed E-state index contributed by atoms with van der Waals surface area (Å²) in [6.07, 6.45) is -2.01. The van der Waals surface area contributed by atoms with Gasteiger partial charge in [-0.15, -0.1) is 0 Å². The third kappa shape index (κ3) is 2.71. The summed E-state index contributed by atoms with van der Waals surface area (Å²) in [6, 6.07) is 17.3. The highest BCUT2D eigenvalue weighted by molar-refractivity contribution is 5.93. The van der Waals surface area contributed by atoms with E-state index >= 15 is 0 Å². The highest BCUT2D eigenvalue weighted by atomic mass is 16.6. The van der Waals surface area contributed by atoms with E-state index in [0.29, 0.717) is 6.54 Å². The minimum atomic E-state index is -0.994. The third-order valence-electron chi connectivity index (χ3n) is 5.17. The van der Waals surface area contributed by atoms with E-state index in [-0.39, 0.29) is 0 Å². The predicted octanol–water partition coefficient (Wildman–Crippen LogP) is 4.46. The fourth-order valence-corrected chi connectivity index (χ4v) is 4.17. The van der Waals surface area contributed by atoms with Gasteiger partial charge < -0.3 is 14.4 Å². The van der Waals surface area contributed by atoms with Gasteiger partial charge in [-0.2, -0.15) is 4.90 Å². The maximum absolute atomic E-state index is 13.1. The van der Waals surface area contributed by atoms with Crippen molar-refractivity contribution >= 4 is 17.9 Å². The lowest BCUT2D eigenvalue weighted by atomic mass is 9.82. The number of para-hydroxylation sites is 1. The molecule has 0 N–H and O–H groups in total. The molecule has 0 aromatic heterocycles. The van der Waals surface area contributed by atoms with E-state index < -0.39 is 29.4 Å². The van der Waals surface area contributed by atoms with Crippen LogP contribution in [0, 0.1) is 0 Å². The number of nitrogens with zero attached hydrogens (tertiary/aromatic N) is 2. The molecule has 2 amide bonds. The van der Waals surface area contributed by atoms with Crippen molar-refractivity contribution < 1.29 is 19.1 Å². The number of fused-ring (bicyclic) bond motifs is 2. The zero-order valence-corrected chi connectivity index (χ0v) is 16.5. The van der Waals surface area contributed by atoms with Gasteiger partial charge in [-0.05, 0) is 32.4 Å². The van der Waals surface area contributed by atoms with Crippen LogP contribution in [0.25, 0.3) is 0 Å². The molecule has 1 fully saturated rings. The van der Waals surface area contributed by atoms with Crippen LogP contribution >= 0.6 is 0 Å². The summed E-state index contributed by atoms with van der Waals surface area (Å²) in [5.41, 5.74) is 0.963. The van der Waals surface area contributed by atoms with E-state index in [2.05, 4.69) is 0 Å². The van der Waals surface area contributed by atoms with Gasteiger partial charge in [0.2, 0.25) is 0 Å². The molecule has 0 saturated carbocycles. The Bertz CT molecular complexity index is 922. The summed E-state index contributed by atoms with van der Waals surface area (Å²) >= 11 is 0. The lowest BCUT2D eigenvalue weighted by molar-refractivity contribution is 0.0156. The number of cyclic esters (lactones) is 1. The van der Waals surface area contributed by atoms with Gasteiger partial charge in [0.1, 0.15) is 11.1 Å². The second-order valence-electron chi connectivity index (χ2n) is 8.29. The Morgan fingerprint density at radius 3 is 2.43 bits per heavy atom. The molecule has 1 spiro atoms. The van der Waals surface area contributed by atoms with Crippen molar-refractivity contribution in [2.45, 2.75) is 38.0 Å². The average molecular weight is 380 g/mol. The van der Waals surface area contributed by atoms with Gasteiger partial charge in [0, 0.05) is 24.8 Å². The van der Waals surface area contributed by atoms with Crippen LogP contribution in [-0.4, -0.2) is 36.3 Å². The second kappa shape index (κ2) is 6.26. The van der Waals surface area contributed by atoms with E-state index in [9.17, 15) is 9.59 Å². The summed E-state index contributed by atoms with van der Waals surface area (Å²) in [4.78, 5) is 29.3. The lowest BCUT2D eigenvalue weighted by Crippen LogP contribution is -2.52. The van der Waals surface area contributed by atoms with Gasteiger partial charge in [-0.1, -0.05) is 48.5 Å². The van der Waals surface area contributed by atoms with E-state index in [0.717, 1.165) is 21.7 Å². The Morgan fingerprint density at radius 2 is 1.75 bits per heavy atom. The van der Waals surface area contributed by atoms with Crippen molar-refractivity contribution in [1.82, 2.24) is 4.90 Å². The summed E-state index contributed by atoms with van der Waals surface area (Å²) in [7, 11) is 1.95. The number of likely N-dealkylation sites (N-methyl/N-ethyl adjacent to an activating group) is 1. The smallest absolute Gasteiger partial charge is 0.421 e. The molecule has 0 bridgehead atoms. The molecule has 2 aliphatic rings. The van der Waals surface area contributed by atoms with Crippen molar-refractivity contribution in [3.63, 3.8) is 0 Å². The van der Waals surface area contributed by atoms with Gasteiger partial charge in [0.25, 0.3) is 0 Å². The third-order valence-corrected chi connectivity index (χ3v) is 5.17. The lowest BCUT2D eigenvalue weighted by Gasteiger charge is -2.35. The minimum absolute atomic E-state index is 0.427. The second-order valence-corrected chi connectivity index (χ2v) is 8.29. The van der Waals surface area contributed by atoms with E-state index in [4.69, 9.17) is 9.47 Å². The number of carbonyl (C=O) groups excluding carboxylic acids is 2. The van der Waals surface area contributed by atoms with Gasteiger partial charge in [-0.25, -0.2) is 9.59 Å². The van der Waals surface area contributed by atoms with Crippen molar-refractivity contribution in [3.8, 4) is 0 Å². The maximum Gasteiger partial charge on any atom is 0.421 e. The van der Waals surface area contributed by atoms with Crippen LogP contribution in [0.1, 0.15) is 38.0 Å².